The Balaban J connectivity index is 1.20. The first-order valence-corrected chi connectivity index (χ1v) is 22.8. The molecule has 0 spiro atoms. The Labute approximate surface area is 357 Å². The molecule has 3 heterocycles. The van der Waals surface area contributed by atoms with Crippen molar-refractivity contribution in [2.24, 2.45) is 35.5 Å². The van der Waals surface area contributed by atoms with Gasteiger partial charge in [-0.3, -0.25) is 9.59 Å². The number of carbonyl (C=O) groups excluding carboxylic acids is 2. The number of allylic oxidation sites excluding steroid dienone is 2. The number of ether oxygens (including phenoxy) is 8. The average molecular weight is 845 g/mol. The van der Waals surface area contributed by atoms with Crippen LogP contribution in [0, 0.1) is 35.5 Å². The van der Waals surface area contributed by atoms with E-state index in [-0.39, 0.29) is 96.8 Å². The maximum atomic E-state index is 15.1. The lowest BCUT2D eigenvalue weighted by Gasteiger charge is -2.44. The number of ketones is 1. The predicted octanol–water partition coefficient (Wildman–Crippen LogP) is 7.76. The fourth-order valence-corrected chi connectivity index (χ4v) is 12.2. The molecular formula is C47H70ClNO10. The van der Waals surface area contributed by atoms with Crippen molar-refractivity contribution in [3.63, 3.8) is 0 Å². The van der Waals surface area contributed by atoms with Gasteiger partial charge in [0.25, 0.3) is 0 Å². The minimum Gasteiger partial charge on any atom is -0.462 e. The Morgan fingerprint density at radius 3 is 2.20 bits per heavy atom. The molecule has 5 unspecified atom stereocenters. The highest BCUT2D eigenvalue weighted by atomic mass is 35.5. The average Bonchev–Trinajstić information content (AvgIpc) is 3.79. The van der Waals surface area contributed by atoms with E-state index in [0.717, 1.165) is 56.9 Å². The molecule has 0 N–H and O–H groups in total. The van der Waals surface area contributed by atoms with E-state index in [2.05, 4.69) is 51.1 Å². The molecule has 59 heavy (non-hydrogen) atoms. The summed E-state index contributed by atoms with van der Waals surface area (Å²) in [6.07, 6.45) is 6.80. The van der Waals surface area contributed by atoms with Crippen molar-refractivity contribution in [1.29, 1.82) is 0 Å². The van der Waals surface area contributed by atoms with Gasteiger partial charge < -0.3 is 42.8 Å². The highest BCUT2D eigenvalue weighted by molar-refractivity contribution is 6.30. The number of esters is 1. The van der Waals surface area contributed by atoms with Crippen molar-refractivity contribution in [2.45, 2.75) is 165 Å². The number of methoxy groups -OCH3 is 3. The summed E-state index contributed by atoms with van der Waals surface area (Å²) in [4.78, 5) is 31.4. The van der Waals surface area contributed by atoms with Crippen molar-refractivity contribution < 1.29 is 47.5 Å². The monoisotopic (exact) mass is 843 g/mol. The quantitative estimate of drug-likeness (QED) is 0.216. The van der Waals surface area contributed by atoms with Crippen LogP contribution in [0.25, 0.3) is 0 Å². The lowest BCUT2D eigenvalue weighted by atomic mass is 9.59. The van der Waals surface area contributed by atoms with E-state index in [1.54, 1.807) is 21.3 Å². The summed E-state index contributed by atoms with van der Waals surface area (Å²) in [6.45, 7) is 8.20. The van der Waals surface area contributed by atoms with E-state index < -0.39 is 18.3 Å². The molecule has 0 radical (unpaired) electrons. The molecule has 0 amide bonds. The van der Waals surface area contributed by atoms with Gasteiger partial charge >= 0.3 is 5.97 Å². The minimum absolute atomic E-state index is 0.0176. The lowest BCUT2D eigenvalue weighted by Crippen LogP contribution is -2.59. The number of hydrogen-bond donors (Lipinski definition) is 0. The zero-order valence-corrected chi connectivity index (χ0v) is 37.5. The summed E-state index contributed by atoms with van der Waals surface area (Å²) in [5, 5.41) is 0.682. The van der Waals surface area contributed by atoms with Crippen molar-refractivity contribution in [2.75, 3.05) is 35.4 Å². The largest absolute Gasteiger partial charge is 0.462 e. The molecule has 0 bridgehead atoms. The molecule has 6 aliphatic rings. The molecule has 1 aromatic carbocycles. The zero-order chi connectivity index (χ0) is 42.1. The number of likely N-dealkylation sites (N-methyl/N-ethyl adjacent to an activating group) is 1. The van der Waals surface area contributed by atoms with E-state index in [1.807, 2.05) is 26.0 Å². The van der Waals surface area contributed by atoms with Gasteiger partial charge in [-0.25, -0.2) is 0 Å². The number of rotatable bonds is 10. The number of halogens is 1. The second-order valence-corrected chi connectivity index (χ2v) is 19.0. The van der Waals surface area contributed by atoms with Crippen LogP contribution >= 0.6 is 11.6 Å². The third kappa shape index (κ3) is 9.54. The Hall–Kier alpha value is -1.93. The molecule has 3 saturated heterocycles. The molecule has 0 aromatic heterocycles. The van der Waals surface area contributed by atoms with Crippen LogP contribution in [0.3, 0.4) is 0 Å². The number of benzene rings is 1. The molecular weight excluding hydrogens is 774 g/mol. The minimum atomic E-state index is -0.623. The maximum absolute atomic E-state index is 15.1. The molecule has 18 atom stereocenters. The first kappa shape index (κ1) is 45.1. The van der Waals surface area contributed by atoms with Crippen molar-refractivity contribution >= 4 is 23.4 Å². The van der Waals surface area contributed by atoms with Crippen LogP contribution in [0.5, 0.6) is 0 Å². The molecule has 12 heteroatoms. The first-order chi connectivity index (χ1) is 28.3. The Kier molecular flexibility index (Phi) is 15.0. The van der Waals surface area contributed by atoms with Crippen molar-refractivity contribution in [3.8, 4) is 0 Å². The number of cyclic esters (lactones) is 1. The zero-order valence-electron chi connectivity index (χ0n) is 36.8. The SMILES string of the molecule is CC[C@H]1CCC[C@H](O[C@H]2CC[C@H](N(C)C)C(C)O2)[C@@H](C)C(=O)C2=C[C@@H]3C(C(c4ccc(Cl)cc4)C[C@@H]4C[C@@H](O[C@@H]5OC(C)[C@H](OC)C(OC)[C@@H]5OC)C[C@H]43)[C@@H]2CC(=O)O1. The highest BCUT2D eigenvalue weighted by Gasteiger charge is 2.57. The van der Waals surface area contributed by atoms with Gasteiger partial charge in [0.2, 0.25) is 0 Å². The smallest absolute Gasteiger partial charge is 0.306 e. The van der Waals surface area contributed by atoms with Gasteiger partial charge in [0, 0.05) is 44.2 Å². The summed E-state index contributed by atoms with van der Waals surface area (Å²) < 4.78 is 50.4. The maximum Gasteiger partial charge on any atom is 0.306 e. The number of nitrogens with zero attached hydrogens (tertiary/aromatic N) is 1. The van der Waals surface area contributed by atoms with Crippen LogP contribution in [0.2, 0.25) is 5.02 Å². The molecule has 2 saturated carbocycles. The second kappa shape index (κ2) is 19.6. The molecule has 330 valence electrons. The summed E-state index contributed by atoms with van der Waals surface area (Å²) >= 11 is 6.45. The third-order valence-electron chi connectivity index (χ3n) is 15.1. The van der Waals surface area contributed by atoms with E-state index in [4.69, 9.17) is 49.5 Å². The van der Waals surface area contributed by atoms with E-state index in [0.29, 0.717) is 23.4 Å². The fraction of sp³-hybridized carbons (Fsp3) is 0.787. The van der Waals surface area contributed by atoms with Gasteiger partial charge in [-0.05, 0) is 139 Å². The normalized spacial score (nSPS) is 43.2. The highest BCUT2D eigenvalue weighted by Crippen LogP contribution is 2.61. The van der Waals surface area contributed by atoms with Crippen molar-refractivity contribution in [1.82, 2.24) is 4.90 Å². The van der Waals surface area contributed by atoms with Gasteiger partial charge in [0.1, 0.15) is 24.4 Å². The molecule has 5 fully saturated rings. The van der Waals surface area contributed by atoms with Gasteiger partial charge in [-0.2, -0.15) is 0 Å². The van der Waals surface area contributed by atoms with Gasteiger partial charge in [-0.15, -0.1) is 0 Å². The first-order valence-electron chi connectivity index (χ1n) is 22.4. The van der Waals surface area contributed by atoms with Gasteiger partial charge in [-0.1, -0.05) is 43.7 Å². The third-order valence-corrected chi connectivity index (χ3v) is 15.3. The molecule has 11 nitrogen and oxygen atoms in total. The summed E-state index contributed by atoms with van der Waals surface area (Å²) in [6, 6.07) is 8.49. The van der Waals surface area contributed by atoms with Crippen LogP contribution in [0.15, 0.2) is 35.9 Å². The number of hydrogen-bond acceptors (Lipinski definition) is 11. The van der Waals surface area contributed by atoms with Crippen LogP contribution in [0.4, 0.5) is 0 Å². The molecule has 3 aliphatic heterocycles. The fourth-order valence-electron chi connectivity index (χ4n) is 12.1. The molecule has 1 aromatic rings. The Morgan fingerprint density at radius 1 is 0.814 bits per heavy atom. The number of Topliss-reactive ketones (excluding diaryl/α,β-unsaturated/α-hetero) is 1. The van der Waals surface area contributed by atoms with Crippen molar-refractivity contribution in [3.05, 3.63) is 46.5 Å². The van der Waals surface area contributed by atoms with E-state index in [9.17, 15) is 4.79 Å². The van der Waals surface area contributed by atoms with E-state index >= 15 is 4.79 Å². The van der Waals surface area contributed by atoms with E-state index in [1.165, 1.54) is 5.56 Å². The predicted molar refractivity (Wildman–Crippen MR) is 224 cm³/mol. The lowest BCUT2D eigenvalue weighted by molar-refractivity contribution is -0.314. The van der Waals surface area contributed by atoms with Crippen LogP contribution in [-0.2, 0) is 47.5 Å². The Bertz CT molecular complexity index is 1610. The van der Waals surface area contributed by atoms with Gasteiger partial charge in [0.05, 0.1) is 30.8 Å². The van der Waals surface area contributed by atoms with Crippen LogP contribution in [-0.4, -0.2) is 120 Å². The number of fused-ring (bicyclic) bond motifs is 5. The molecule has 3 aliphatic carbocycles. The van der Waals surface area contributed by atoms with Gasteiger partial charge in [0.15, 0.2) is 18.4 Å². The number of carbonyl (C=O) groups is 2. The summed E-state index contributed by atoms with van der Waals surface area (Å²) in [5.74, 6) is -0.0442. The topological polar surface area (TPSA) is 111 Å². The second-order valence-electron chi connectivity index (χ2n) is 18.6. The Morgan fingerprint density at radius 2 is 1.54 bits per heavy atom. The standard InChI is InChI=1S/C47H70ClNO10/c1-10-31-12-11-13-39(59-41-19-18-38(49(5)6)26(3)55-41)25(2)43(51)37-23-35-33-22-32(58-47-46(54-9)45(53-8)44(52-7)27(4)56-47)20-29(33)21-34(28-14-16-30(48)17-15-28)42(35)36(37)24-40(50)57-31/h14-17,23,25-27,29,31-36,38-39,41-42,44-47H,10-13,18-22,24H2,1-9H3/t25-,26?,27?,29+,31+,32-,33-,34?,35+,36-,38+,39+,41+,42?,44+,45?,46+,47+/m1/s1. The summed E-state index contributed by atoms with van der Waals surface area (Å²) in [5.41, 5.74) is 1.95. The van der Waals surface area contributed by atoms with Crippen LogP contribution in [0.1, 0.15) is 103 Å². The molecule has 7 rings (SSSR count). The van der Waals surface area contributed by atoms with Crippen LogP contribution < -0.4 is 0 Å². The summed E-state index contributed by atoms with van der Waals surface area (Å²) in [7, 11) is 9.17.